The summed E-state index contributed by atoms with van der Waals surface area (Å²) in [5, 5.41) is 13.7. The lowest BCUT2D eigenvalue weighted by molar-refractivity contribution is -0.140. The van der Waals surface area contributed by atoms with E-state index in [2.05, 4.69) is 5.32 Å². The number of piperazine rings is 1. The first-order valence-corrected chi connectivity index (χ1v) is 6.30. The third kappa shape index (κ3) is 3.12. The van der Waals surface area contributed by atoms with Crippen LogP contribution in [0.4, 0.5) is 0 Å². The molecule has 1 unspecified atom stereocenters. The third-order valence-corrected chi connectivity index (χ3v) is 3.63. The summed E-state index contributed by atoms with van der Waals surface area (Å²) in [5.74, 6) is -0.802. The zero-order valence-corrected chi connectivity index (χ0v) is 10.1. The summed E-state index contributed by atoms with van der Waals surface area (Å²) in [5.41, 5.74) is 0. The molecule has 1 aromatic heterocycles. The predicted octanol–water partition coefficient (Wildman–Crippen LogP) is 0.289. The number of carbonyl (C=O) groups excluding carboxylic acids is 1. The number of nitrogens with one attached hydrogen (secondary N) is 1. The van der Waals surface area contributed by atoms with Gasteiger partial charge < -0.3 is 10.4 Å². The number of nitrogens with zero attached hydrogens (tertiary/aromatic N) is 1. The molecule has 1 atom stereocenters. The molecule has 0 aromatic carbocycles. The van der Waals surface area contributed by atoms with Gasteiger partial charge in [-0.15, -0.1) is 11.3 Å². The molecule has 6 heteroatoms. The minimum absolute atomic E-state index is 0.0611. The van der Waals surface area contributed by atoms with Crippen LogP contribution in [0.3, 0.4) is 0 Å². The van der Waals surface area contributed by atoms with Crippen LogP contribution in [-0.2, 0) is 4.79 Å². The highest BCUT2D eigenvalue weighted by atomic mass is 32.1. The van der Waals surface area contributed by atoms with Crippen molar-refractivity contribution in [3.8, 4) is 0 Å². The van der Waals surface area contributed by atoms with Crippen LogP contribution in [0.2, 0.25) is 0 Å². The van der Waals surface area contributed by atoms with Gasteiger partial charge in [0.25, 0.3) is 0 Å². The standard InChI is InChI=1S/C11H14N2O3S/c14-9(10-2-1-5-17-10)7-13-4-3-12-8(6-13)11(15)16/h1-2,5,8,12H,3-4,6-7H2,(H,15,16). The normalized spacial score (nSPS) is 21.3. The minimum Gasteiger partial charge on any atom is -0.480 e. The van der Waals surface area contributed by atoms with Crippen molar-refractivity contribution < 1.29 is 14.7 Å². The second-order valence-electron chi connectivity index (χ2n) is 3.98. The van der Waals surface area contributed by atoms with E-state index >= 15 is 0 Å². The minimum atomic E-state index is -0.863. The molecule has 1 saturated heterocycles. The summed E-state index contributed by atoms with van der Waals surface area (Å²) in [6, 6.07) is 3.07. The highest BCUT2D eigenvalue weighted by molar-refractivity contribution is 7.12. The smallest absolute Gasteiger partial charge is 0.322 e. The van der Waals surface area contributed by atoms with Crippen molar-refractivity contribution in [2.24, 2.45) is 0 Å². The Labute approximate surface area is 103 Å². The molecule has 0 spiro atoms. The highest BCUT2D eigenvalue weighted by Gasteiger charge is 2.26. The quantitative estimate of drug-likeness (QED) is 0.756. The van der Waals surface area contributed by atoms with Crippen LogP contribution in [0, 0.1) is 0 Å². The van der Waals surface area contributed by atoms with E-state index in [1.807, 2.05) is 16.3 Å². The second-order valence-corrected chi connectivity index (χ2v) is 4.93. The number of hydrogen-bond donors (Lipinski definition) is 2. The Bertz CT molecular complexity index is 405. The monoisotopic (exact) mass is 254 g/mol. The molecular weight excluding hydrogens is 240 g/mol. The Morgan fingerprint density at radius 1 is 1.59 bits per heavy atom. The largest absolute Gasteiger partial charge is 0.480 e. The lowest BCUT2D eigenvalue weighted by Gasteiger charge is -2.30. The lowest BCUT2D eigenvalue weighted by atomic mass is 10.2. The zero-order chi connectivity index (χ0) is 12.3. The number of carbonyl (C=O) groups is 2. The second kappa shape index (κ2) is 5.39. The van der Waals surface area contributed by atoms with Crippen molar-refractivity contribution in [1.29, 1.82) is 0 Å². The summed E-state index contributed by atoms with van der Waals surface area (Å²) in [6.07, 6.45) is 0. The molecule has 2 rings (SSSR count). The molecule has 1 aliphatic rings. The van der Waals surface area contributed by atoms with Crippen LogP contribution in [0.5, 0.6) is 0 Å². The van der Waals surface area contributed by atoms with Crippen molar-refractivity contribution in [2.75, 3.05) is 26.2 Å². The molecule has 92 valence electrons. The molecule has 5 nitrogen and oxygen atoms in total. The topological polar surface area (TPSA) is 69.6 Å². The van der Waals surface area contributed by atoms with Crippen LogP contribution in [0.15, 0.2) is 17.5 Å². The molecule has 0 amide bonds. The molecule has 17 heavy (non-hydrogen) atoms. The fourth-order valence-corrected chi connectivity index (χ4v) is 2.50. The lowest BCUT2D eigenvalue weighted by Crippen LogP contribution is -2.55. The predicted molar refractivity (Wildman–Crippen MR) is 64.5 cm³/mol. The van der Waals surface area contributed by atoms with Crippen LogP contribution < -0.4 is 5.32 Å². The van der Waals surface area contributed by atoms with Crippen molar-refractivity contribution in [3.05, 3.63) is 22.4 Å². The van der Waals surface area contributed by atoms with E-state index in [1.165, 1.54) is 11.3 Å². The van der Waals surface area contributed by atoms with Gasteiger partial charge in [0, 0.05) is 19.6 Å². The van der Waals surface area contributed by atoms with E-state index in [1.54, 1.807) is 6.07 Å². The fraction of sp³-hybridized carbons (Fsp3) is 0.455. The maximum Gasteiger partial charge on any atom is 0.322 e. The van der Waals surface area contributed by atoms with Crippen molar-refractivity contribution >= 4 is 23.1 Å². The van der Waals surface area contributed by atoms with Gasteiger partial charge in [0.05, 0.1) is 11.4 Å². The van der Waals surface area contributed by atoms with E-state index in [9.17, 15) is 9.59 Å². The van der Waals surface area contributed by atoms with Gasteiger partial charge in [0.15, 0.2) is 5.78 Å². The van der Waals surface area contributed by atoms with Crippen molar-refractivity contribution in [2.45, 2.75) is 6.04 Å². The van der Waals surface area contributed by atoms with Crippen LogP contribution >= 0.6 is 11.3 Å². The van der Waals surface area contributed by atoms with Gasteiger partial charge in [-0.1, -0.05) is 6.07 Å². The van der Waals surface area contributed by atoms with Gasteiger partial charge in [-0.05, 0) is 11.4 Å². The first-order valence-electron chi connectivity index (χ1n) is 5.42. The van der Waals surface area contributed by atoms with E-state index in [-0.39, 0.29) is 5.78 Å². The van der Waals surface area contributed by atoms with Gasteiger partial charge >= 0.3 is 5.97 Å². The molecule has 0 bridgehead atoms. The zero-order valence-electron chi connectivity index (χ0n) is 9.26. The van der Waals surface area contributed by atoms with Gasteiger partial charge in [-0.3, -0.25) is 14.5 Å². The van der Waals surface area contributed by atoms with Gasteiger partial charge in [-0.25, -0.2) is 0 Å². The maximum absolute atomic E-state index is 11.9. The van der Waals surface area contributed by atoms with Crippen LogP contribution in [0.1, 0.15) is 9.67 Å². The fourth-order valence-electron chi connectivity index (χ4n) is 1.84. The van der Waals surface area contributed by atoms with Gasteiger partial charge in [0.1, 0.15) is 6.04 Å². The van der Waals surface area contributed by atoms with Crippen molar-refractivity contribution in [3.63, 3.8) is 0 Å². The third-order valence-electron chi connectivity index (χ3n) is 2.72. The number of hydrogen-bond acceptors (Lipinski definition) is 5. The molecule has 0 aliphatic carbocycles. The molecule has 0 radical (unpaired) electrons. The Kier molecular flexibility index (Phi) is 3.88. The number of rotatable bonds is 4. The summed E-state index contributed by atoms with van der Waals surface area (Å²) in [7, 11) is 0. The number of aliphatic carboxylic acids is 1. The molecular formula is C11H14N2O3S. The SMILES string of the molecule is O=C(CN1CCNC(C(=O)O)C1)c1cccs1. The Morgan fingerprint density at radius 3 is 3.06 bits per heavy atom. The number of thiophene rings is 1. The summed E-state index contributed by atoms with van der Waals surface area (Å²) < 4.78 is 0. The average molecular weight is 254 g/mol. The maximum atomic E-state index is 11.9. The number of ketones is 1. The van der Waals surface area contributed by atoms with E-state index in [0.717, 1.165) is 4.88 Å². The molecule has 1 fully saturated rings. The average Bonchev–Trinajstić information content (AvgIpc) is 2.82. The van der Waals surface area contributed by atoms with Crippen molar-refractivity contribution in [1.82, 2.24) is 10.2 Å². The van der Waals surface area contributed by atoms with Gasteiger partial charge in [-0.2, -0.15) is 0 Å². The van der Waals surface area contributed by atoms with Gasteiger partial charge in [0.2, 0.25) is 0 Å². The van der Waals surface area contributed by atoms with E-state index < -0.39 is 12.0 Å². The first kappa shape index (κ1) is 12.2. The summed E-state index contributed by atoms with van der Waals surface area (Å²) in [4.78, 5) is 25.3. The highest BCUT2D eigenvalue weighted by Crippen LogP contribution is 2.11. The number of Topliss-reactive ketones (excluding diaryl/α,β-unsaturated/α-hetero) is 1. The Hall–Kier alpha value is -1.24. The summed E-state index contributed by atoms with van der Waals surface area (Å²) in [6.45, 7) is 1.99. The van der Waals surface area contributed by atoms with Crippen LogP contribution in [-0.4, -0.2) is 54.0 Å². The molecule has 1 aromatic rings. The van der Waals surface area contributed by atoms with Crippen LogP contribution in [0.25, 0.3) is 0 Å². The Morgan fingerprint density at radius 2 is 2.41 bits per heavy atom. The Balaban J connectivity index is 1.91. The number of carboxylic acids is 1. The molecule has 0 saturated carbocycles. The molecule has 2 N–H and O–H groups in total. The van der Waals surface area contributed by atoms with E-state index in [4.69, 9.17) is 5.11 Å². The summed E-state index contributed by atoms with van der Waals surface area (Å²) >= 11 is 1.42. The van der Waals surface area contributed by atoms with E-state index in [0.29, 0.717) is 26.2 Å². The molecule has 2 heterocycles. The molecule has 1 aliphatic heterocycles. The first-order chi connectivity index (χ1) is 8.16. The number of carboxylic acid groups (broad SMARTS) is 1.